The van der Waals surface area contributed by atoms with Crippen LogP contribution in [0.25, 0.3) is 20.9 Å². The first kappa shape index (κ1) is 12.3. The number of nitro groups is 1. The highest BCUT2D eigenvalue weighted by Gasteiger charge is 2.08. The van der Waals surface area contributed by atoms with Gasteiger partial charge in [0.15, 0.2) is 0 Å². The van der Waals surface area contributed by atoms with E-state index in [0.29, 0.717) is 11.1 Å². The summed E-state index contributed by atoms with van der Waals surface area (Å²) in [5.41, 5.74) is 17.2. The summed E-state index contributed by atoms with van der Waals surface area (Å²) in [6.45, 7) is 0.0307. The van der Waals surface area contributed by atoms with Crippen molar-refractivity contribution in [2.24, 2.45) is 10.2 Å². The van der Waals surface area contributed by atoms with Crippen molar-refractivity contribution >= 4 is 5.69 Å². The fourth-order valence-electron chi connectivity index (χ4n) is 1.26. The Morgan fingerprint density at radius 2 is 1.59 bits per heavy atom. The summed E-state index contributed by atoms with van der Waals surface area (Å²) in [7, 11) is 0. The summed E-state index contributed by atoms with van der Waals surface area (Å²) >= 11 is 0. The van der Waals surface area contributed by atoms with Crippen molar-refractivity contribution in [1.82, 2.24) is 0 Å². The van der Waals surface area contributed by atoms with Gasteiger partial charge in [0.2, 0.25) is 0 Å². The molecule has 0 saturated carbocycles. The quantitative estimate of drug-likeness (QED) is 0.253. The first-order valence-corrected chi connectivity index (χ1v) is 4.46. The van der Waals surface area contributed by atoms with Crippen LogP contribution >= 0.6 is 0 Å². The molecule has 0 aliphatic heterocycles. The van der Waals surface area contributed by atoms with Crippen molar-refractivity contribution in [3.8, 4) is 0 Å². The van der Waals surface area contributed by atoms with Gasteiger partial charge in [-0.25, -0.2) is 0 Å². The molecule has 1 rings (SSSR count). The number of benzene rings is 1. The minimum Gasteiger partial charge on any atom is -0.258 e. The first-order valence-electron chi connectivity index (χ1n) is 4.46. The molecule has 0 spiro atoms. The zero-order valence-corrected chi connectivity index (χ0v) is 8.59. The van der Waals surface area contributed by atoms with Gasteiger partial charge in [-0.3, -0.25) is 10.1 Å². The molecule has 9 heteroatoms. The lowest BCUT2D eigenvalue weighted by molar-refractivity contribution is -0.385. The second-order valence-corrected chi connectivity index (χ2v) is 3.04. The van der Waals surface area contributed by atoms with E-state index in [4.69, 9.17) is 11.1 Å². The highest BCUT2D eigenvalue weighted by Crippen LogP contribution is 2.18. The monoisotopic (exact) mass is 233 g/mol. The van der Waals surface area contributed by atoms with Crippen LogP contribution in [0.1, 0.15) is 11.1 Å². The van der Waals surface area contributed by atoms with Gasteiger partial charge in [0, 0.05) is 22.0 Å². The summed E-state index contributed by atoms with van der Waals surface area (Å²) in [6.07, 6.45) is 0. The second kappa shape index (κ2) is 5.96. The van der Waals surface area contributed by atoms with Crippen LogP contribution in [0.4, 0.5) is 5.69 Å². The fraction of sp³-hybridized carbons (Fsp3) is 0.250. The van der Waals surface area contributed by atoms with Gasteiger partial charge in [0.25, 0.3) is 5.69 Å². The number of non-ortho nitro benzene ring substituents is 1. The molecular weight excluding hydrogens is 226 g/mol. The molecule has 0 aliphatic carbocycles. The van der Waals surface area contributed by atoms with Gasteiger partial charge in [-0.1, -0.05) is 16.3 Å². The van der Waals surface area contributed by atoms with E-state index in [0.717, 1.165) is 0 Å². The molecule has 1 aromatic carbocycles. The van der Waals surface area contributed by atoms with E-state index in [1.807, 2.05) is 0 Å². The van der Waals surface area contributed by atoms with Crippen molar-refractivity contribution in [3.05, 3.63) is 60.3 Å². The van der Waals surface area contributed by atoms with E-state index in [-0.39, 0.29) is 18.8 Å². The number of nitro benzene ring substituents is 1. The predicted molar refractivity (Wildman–Crippen MR) is 58.8 cm³/mol. The van der Waals surface area contributed by atoms with Crippen molar-refractivity contribution in [2.45, 2.75) is 13.1 Å². The lowest BCUT2D eigenvalue weighted by Gasteiger charge is -2.01. The van der Waals surface area contributed by atoms with Gasteiger partial charge in [-0.05, 0) is 22.2 Å². The molecule has 0 aliphatic rings. The molecule has 0 N–H and O–H groups in total. The molecule has 86 valence electrons. The Labute approximate surface area is 95.1 Å². The van der Waals surface area contributed by atoms with Gasteiger partial charge in [-0.2, -0.15) is 0 Å². The topological polar surface area (TPSA) is 141 Å². The molecule has 0 amide bonds. The van der Waals surface area contributed by atoms with E-state index in [9.17, 15) is 10.1 Å². The van der Waals surface area contributed by atoms with Crippen LogP contribution in [0, 0.1) is 10.1 Å². The molecular formula is C8H7N7O2. The maximum atomic E-state index is 10.7. The van der Waals surface area contributed by atoms with Crippen LogP contribution in [-0.4, -0.2) is 4.92 Å². The number of nitrogens with zero attached hydrogens (tertiary/aromatic N) is 7. The summed E-state index contributed by atoms with van der Waals surface area (Å²) in [6, 6.07) is 4.22. The number of rotatable bonds is 5. The maximum Gasteiger partial charge on any atom is 0.269 e. The average Bonchev–Trinajstić information content (AvgIpc) is 2.33. The van der Waals surface area contributed by atoms with Crippen LogP contribution in [0.15, 0.2) is 28.4 Å². The van der Waals surface area contributed by atoms with E-state index >= 15 is 0 Å². The van der Waals surface area contributed by atoms with Crippen LogP contribution in [-0.2, 0) is 13.1 Å². The summed E-state index contributed by atoms with van der Waals surface area (Å²) in [5.74, 6) is 0. The van der Waals surface area contributed by atoms with Gasteiger partial charge < -0.3 is 0 Å². The average molecular weight is 233 g/mol. The minimum atomic E-state index is -0.556. The molecule has 0 unspecified atom stereocenters. The molecule has 17 heavy (non-hydrogen) atoms. The normalized spacial score (nSPS) is 8.94. The molecule has 0 aromatic heterocycles. The van der Waals surface area contributed by atoms with E-state index in [2.05, 4.69) is 20.1 Å². The fourth-order valence-corrected chi connectivity index (χ4v) is 1.26. The summed E-state index contributed by atoms with van der Waals surface area (Å²) < 4.78 is 0. The lowest BCUT2D eigenvalue weighted by atomic mass is 10.1. The number of hydrogen-bond donors (Lipinski definition) is 0. The Bertz CT molecular complexity index is 490. The highest BCUT2D eigenvalue weighted by atomic mass is 16.6. The SMILES string of the molecule is [N-]=[N+]=NCc1cc(CN=[N+]=[N-])cc([N+](=O)[O-])c1. The zero-order valence-electron chi connectivity index (χ0n) is 8.59. The van der Waals surface area contributed by atoms with Crippen LogP contribution in [0.2, 0.25) is 0 Å². The standard InChI is InChI=1S/C8H7N7O2/c9-13-11-4-6-1-7(5-12-14-10)3-8(2-6)15(16)17/h1-3H,4-5H2. The van der Waals surface area contributed by atoms with Crippen LogP contribution in [0.3, 0.4) is 0 Å². The summed E-state index contributed by atoms with van der Waals surface area (Å²) in [4.78, 5) is 15.2. The highest BCUT2D eigenvalue weighted by molar-refractivity contribution is 5.39. The lowest BCUT2D eigenvalue weighted by Crippen LogP contribution is -1.93. The van der Waals surface area contributed by atoms with Crippen molar-refractivity contribution in [1.29, 1.82) is 0 Å². The Balaban J connectivity index is 3.12. The van der Waals surface area contributed by atoms with E-state index in [1.165, 1.54) is 12.1 Å². The van der Waals surface area contributed by atoms with Gasteiger partial charge >= 0.3 is 0 Å². The molecule has 0 bridgehead atoms. The number of azide groups is 2. The molecule has 1 aromatic rings. The van der Waals surface area contributed by atoms with Crippen molar-refractivity contribution < 1.29 is 4.92 Å². The molecule has 0 atom stereocenters. The van der Waals surface area contributed by atoms with Crippen LogP contribution in [0.5, 0.6) is 0 Å². The third-order valence-electron chi connectivity index (χ3n) is 1.88. The Morgan fingerprint density at radius 1 is 1.12 bits per heavy atom. The van der Waals surface area contributed by atoms with Crippen molar-refractivity contribution in [2.75, 3.05) is 0 Å². The second-order valence-electron chi connectivity index (χ2n) is 3.04. The third-order valence-corrected chi connectivity index (χ3v) is 1.88. The Kier molecular flexibility index (Phi) is 4.32. The molecule has 0 heterocycles. The number of hydrogen-bond acceptors (Lipinski definition) is 4. The first-order chi connectivity index (χ1) is 8.17. The van der Waals surface area contributed by atoms with Crippen LogP contribution < -0.4 is 0 Å². The molecule has 9 nitrogen and oxygen atoms in total. The Morgan fingerprint density at radius 3 is 1.94 bits per heavy atom. The predicted octanol–water partition coefficient (Wildman–Crippen LogP) is 3.22. The van der Waals surface area contributed by atoms with E-state index < -0.39 is 4.92 Å². The van der Waals surface area contributed by atoms with Crippen molar-refractivity contribution in [3.63, 3.8) is 0 Å². The van der Waals surface area contributed by atoms with Gasteiger partial charge in [-0.15, -0.1) is 0 Å². The Hall–Kier alpha value is -2.76. The molecule has 0 fully saturated rings. The smallest absolute Gasteiger partial charge is 0.258 e. The zero-order chi connectivity index (χ0) is 12.7. The molecule has 0 saturated heterocycles. The van der Waals surface area contributed by atoms with Gasteiger partial charge in [0.1, 0.15) is 0 Å². The molecule has 0 radical (unpaired) electrons. The van der Waals surface area contributed by atoms with E-state index in [1.54, 1.807) is 6.07 Å². The summed E-state index contributed by atoms with van der Waals surface area (Å²) in [5, 5.41) is 17.3. The van der Waals surface area contributed by atoms with Gasteiger partial charge in [0.05, 0.1) is 18.0 Å². The minimum absolute atomic E-state index is 0.0153. The third kappa shape index (κ3) is 3.71. The maximum absolute atomic E-state index is 10.7. The largest absolute Gasteiger partial charge is 0.269 e.